The number of para-hydroxylation sites is 1. The van der Waals surface area contributed by atoms with Gasteiger partial charge in [-0.25, -0.2) is 4.39 Å². The van der Waals surface area contributed by atoms with E-state index < -0.39 is 5.60 Å². The fourth-order valence-corrected chi connectivity index (χ4v) is 2.08. The Bertz CT molecular complexity index is 519. The molecule has 0 amide bonds. The van der Waals surface area contributed by atoms with E-state index in [1.807, 2.05) is 27.7 Å². The van der Waals surface area contributed by atoms with Gasteiger partial charge < -0.3 is 20.5 Å². The van der Waals surface area contributed by atoms with Crippen molar-refractivity contribution in [2.45, 2.75) is 52.2 Å². The number of guanidine groups is 1. The third-order valence-electron chi connectivity index (χ3n) is 3.91. The summed E-state index contributed by atoms with van der Waals surface area (Å²) in [6, 6.07) is 6.34. The van der Waals surface area contributed by atoms with E-state index in [4.69, 9.17) is 4.74 Å². The standard InChI is InChI=1S/C18H30FN3O2/c1-5-18(23,6-2)13-22-17(20-7-3)21-12-14(4)24-16-11-9-8-10-15(16)19/h8-11,14,23H,5-7,12-13H2,1-4H3,(H2,20,21,22). The molecule has 0 aromatic heterocycles. The Balaban J connectivity index is 2.57. The van der Waals surface area contributed by atoms with Crippen molar-refractivity contribution in [2.75, 3.05) is 19.6 Å². The first-order valence-corrected chi connectivity index (χ1v) is 8.59. The highest BCUT2D eigenvalue weighted by atomic mass is 19.1. The van der Waals surface area contributed by atoms with Crippen LogP contribution >= 0.6 is 0 Å². The first kappa shape index (κ1) is 20.2. The molecule has 1 atom stereocenters. The summed E-state index contributed by atoms with van der Waals surface area (Å²) in [4.78, 5) is 4.44. The quantitative estimate of drug-likeness (QED) is 0.478. The fraction of sp³-hybridized carbons (Fsp3) is 0.611. The summed E-state index contributed by atoms with van der Waals surface area (Å²) in [6.07, 6.45) is 1.07. The Kier molecular flexibility index (Phi) is 8.54. The second kappa shape index (κ2) is 10.1. The predicted molar refractivity (Wildman–Crippen MR) is 96.0 cm³/mol. The molecule has 5 nitrogen and oxygen atoms in total. The summed E-state index contributed by atoms with van der Waals surface area (Å²) >= 11 is 0. The summed E-state index contributed by atoms with van der Waals surface area (Å²) in [7, 11) is 0. The number of nitrogens with one attached hydrogen (secondary N) is 2. The maximum absolute atomic E-state index is 13.6. The van der Waals surface area contributed by atoms with Crippen LogP contribution in [0.15, 0.2) is 29.3 Å². The van der Waals surface area contributed by atoms with E-state index in [0.717, 1.165) is 0 Å². The molecule has 1 rings (SSSR count). The molecule has 0 spiro atoms. The lowest BCUT2D eigenvalue weighted by molar-refractivity contribution is 0.0418. The van der Waals surface area contributed by atoms with Gasteiger partial charge in [-0.3, -0.25) is 4.99 Å². The summed E-state index contributed by atoms with van der Waals surface area (Å²) in [5.74, 6) is 0.475. The van der Waals surface area contributed by atoms with Crippen molar-refractivity contribution in [3.63, 3.8) is 0 Å². The summed E-state index contributed by atoms with van der Waals surface area (Å²) < 4.78 is 19.2. The van der Waals surface area contributed by atoms with E-state index in [1.54, 1.807) is 18.2 Å². The Morgan fingerprint density at radius 1 is 1.25 bits per heavy atom. The molecule has 0 bridgehead atoms. The van der Waals surface area contributed by atoms with Gasteiger partial charge in [0.25, 0.3) is 0 Å². The first-order chi connectivity index (χ1) is 11.4. The lowest BCUT2D eigenvalue weighted by atomic mass is 9.98. The van der Waals surface area contributed by atoms with Gasteiger partial charge in [0.2, 0.25) is 0 Å². The maximum Gasteiger partial charge on any atom is 0.191 e. The lowest BCUT2D eigenvalue weighted by Crippen LogP contribution is -2.43. The van der Waals surface area contributed by atoms with Crippen LogP contribution in [0.3, 0.4) is 0 Å². The molecule has 24 heavy (non-hydrogen) atoms. The van der Waals surface area contributed by atoms with E-state index in [-0.39, 0.29) is 17.7 Å². The van der Waals surface area contributed by atoms with Gasteiger partial charge in [0.15, 0.2) is 17.5 Å². The van der Waals surface area contributed by atoms with Crippen molar-refractivity contribution >= 4 is 5.96 Å². The minimum atomic E-state index is -0.780. The number of halogens is 1. The number of nitrogens with zero attached hydrogens (tertiary/aromatic N) is 1. The zero-order valence-corrected chi connectivity index (χ0v) is 15.1. The van der Waals surface area contributed by atoms with Gasteiger partial charge in [-0.1, -0.05) is 26.0 Å². The van der Waals surface area contributed by atoms with E-state index in [9.17, 15) is 9.50 Å². The maximum atomic E-state index is 13.6. The molecule has 1 aromatic rings. The van der Waals surface area contributed by atoms with Crippen LogP contribution in [0.25, 0.3) is 0 Å². The van der Waals surface area contributed by atoms with E-state index in [2.05, 4.69) is 15.6 Å². The van der Waals surface area contributed by atoms with Crippen LogP contribution in [0.5, 0.6) is 5.75 Å². The van der Waals surface area contributed by atoms with Gasteiger partial charge >= 0.3 is 0 Å². The smallest absolute Gasteiger partial charge is 0.191 e. The van der Waals surface area contributed by atoms with Crippen LogP contribution in [0, 0.1) is 5.82 Å². The van der Waals surface area contributed by atoms with Gasteiger partial charge in [-0.05, 0) is 38.8 Å². The molecule has 136 valence electrons. The second-order valence-electron chi connectivity index (χ2n) is 5.87. The van der Waals surface area contributed by atoms with Crippen LogP contribution in [0.2, 0.25) is 0 Å². The molecule has 3 N–H and O–H groups in total. The number of rotatable bonds is 9. The second-order valence-corrected chi connectivity index (χ2v) is 5.87. The normalized spacial score (nSPS) is 13.5. The number of ether oxygens (including phenoxy) is 1. The molecule has 1 unspecified atom stereocenters. The van der Waals surface area contributed by atoms with E-state index in [1.165, 1.54) is 6.07 Å². The van der Waals surface area contributed by atoms with Crippen molar-refractivity contribution < 1.29 is 14.2 Å². The number of aliphatic hydroxyl groups is 1. The Hall–Kier alpha value is -1.82. The first-order valence-electron chi connectivity index (χ1n) is 8.59. The van der Waals surface area contributed by atoms with Crippen molar-refractivity contribution in [2.24, 2.45) is 4.99 Å². The molecule has 1 aromatic carbocycles. The number of benzene rings is 1. The Morgan fingerprint density at radius 3 is 2.50 bits per heavy atom. The molecule has 0 aliphatic heterocycles. The zero-order valence-electron chi connectivity index (χ0n) is 15.1. The molecule has 0 saturated heterocycles. The molecule has 0 aliphatic carbocycles. The SMILES string of the molecule is CCNC(=NCC(O)(CC)CC)NCC(C)Oc1ccccc1F. The Morgan fingerprint density at radius 2 is 1.92 bits per heavy atom. The summed E-state index contributed by atoms with van der Waals surface area (Å²) in [5.41, 5.74) is -0.780. The third kappa shape index (κ3) is 6.74. The molecule has 0 saturated carbocycles. The number of hydrogen-bond donors (Lipinski definition) is 3. The number of aliphatic imine (C=N–C) groups is 1. The third-order valence-corrected chi connectivity index (χ3v) is 3.91. The van der Waals surface area contributed by atoms with Crippen molar-refractivity contribution in [1.29, 1.82) is 0 Å². The van der Waals surface area contributed by atoms with Crippen LogP contribution < -0.4 is 15.4 Å². The highest BCUT2D eigenvalue weighted by Crippen LogP contribution is 2.17. The van der Waals surface area contributed by atoms with Crippen molar-refractivity contribution in [1.82, 2.24) is 10.6 Å². The van der Waals surface area contributed by atoms with Gasteiger partial charge in [-0.15, -0.1) is 0 Å². The Labute approximate surface area is 144 Å². The van der Waals surface area contributed by atoms with Crippen molar-refractivity contribution in [3.8, 4) is 5.75 Å². The van der Waals surface area contributed by atoms with Crippen molar-refractivity contribution in [3.05, 3.63) is 30.1 Å². The average molecular weight is 339 g/mol. The average Bonchev–Trinajstić information content (AvgIpc) is 2.59. The highest BCUT2D eigenvalue weighted by Gasteiger charge is 2.21. The lowest BCUT2D eigenvalue weighted by Gasteiger charge is -2.24. The summed E-state index contributed by atoms with van der Waals surface area (Å²) in [5, 5.41) is 16.6. The molecule has 0 fully saturated rings. The van der Waals surface area contributed by atoms with Gasteiger partial charge in [0, 0.05) is 6.54 Å². The van der Waals surface area contributed by atoms with Gasteiger partial charge in [-0.2, -0.15) is 0 Å². The van der Waals surface area contributed by atoms with Gasteiger partial charge in [0.05, 0.1) is 18.7 Å². The van der Waals surface area contributed by atoms with E-state index >= 15 is 0 Å². The fourth-order valence-electron chi connectivity index (χ4n) is 2.08. The van der Waals surface area contributed by atoms with Crippen LogP contribution in [-0.2, 0) is 0 Å². The molecule has 0 radical (unpaired) electrons. The highest BCUT2D eigenvalue weighted by molar-refractivity contribution is 5.79. The molecular formula is C18H30FN3O2. The van der Waals surface area contributed by atoms with E-state index in [0.29, 0.717) is 38.4 Å². The largest absolute Gasteiger partial charge is 0.486 e. The molecular weight excluding hydrogens is 309 g/mol. The predicted octanol–water partition coefficient (Wildman–Crippen LogP) is 2.70. The molecule has 0 aliphatic rings. The zero-order chi connectivity index (χ0) is 18.0. The number of hydrogen-bond acceptors (Lipinski definition) is 3. The summed E-state index contributed by atoms with van der Waals surface area (Å²) in [6.45, 7) is 9.24. The van der Waals surface area contributed by atoms with Crippen LogP contribution in [-0.4, -0.2) is 42.4 Å². The topological polar surface area (TPSA) is 65.9 Å². The van der Waals surface area contributed by atoms with Gasteiger partial charge in [0.1, 0.15) is 6.10 Å². The van der Waals surface area contributed by atoms with Crippen LogP contribution in [0.4, 0.5) is 4.39 Å². The minimum Gasteiger partial charge on any atom is -0.486 e. The monoisotopic (exact) mass is 339 g/mol. The molecule has 0 heterocycles. The molecule has 6 heteroatoms. The minimum absolute atomic E-state index is 0.234. The van der Waals surface area contributed by atoms with Crippen LogP contribution in [0.1, 0.15) is 40.5 Å².